The summed E-state index contributed by atoms with van der Waals surface area (Å²) in [5.74, 6) is 0.516. The quantitative estimate of drug-likeness (QED) is 0.875. The maximum Gasteiger partial charge on any atom is 0.123 e. The van der Waals surface area contributed by atoms with Gasteiger partial charge in [0.05, 0.1) is 19.3 Å². The number of hydrogen-bond acceptors (Lipinski definition) is 3. The molecular formula is C14H20FNO2. The molecule has 1 aromatic rings. The van der Waals surface area contributed by atoms with E-state index in [0.29, 0.717) is 6.54 Å². The smallest absolute Gasteiger partial charge is 0.123 e. The average molecular weight is 253 g/mol. The van der Waals surface area contributed by atoms with Gasteiger partial charge in [-0.25, -0.2) is 4.39 Å². The van der Waals surface area contributed by atoms with Gasteiger partial charge in [0.2, 0.25) is 0 Å². The highest BCUT2D eigenvalue weighted by Crippen LogP contribution is 2.26. The number of rotatable bonds is 5. The van der Waals surface area contributed by atoms with Gasteiger partial charge in [-0.05, 0) is 49.4 Å². The van der Waals surface area contributed by atoms with Crippen molar-refractivity contribution in [2.45, 2.75) is 37.9 Å². The maximum atomic E-state index is 13.2. The molecule has 2 N–H and O–H groups in total. The number of methoxy groups -OCH3 is 1. The van der Waals surface area contributed by atoms with Crippen molar-refractivity contribution in [2.24, 2.45) is 5.73 Å². The van der Waals surface area contributed by atoms with E-state index >= 15 is 0 Å². The Labute approximate surface area is 107 Å². The highest BCUT2D eigenvalue weighted by Gasteiger charge is 2.24. The van der Waals surface area contributed by atoms with Gasteiger partial charge in [0.1, 0.15) is 11.6 Å². The zero-order valence-corrected chi connectivity index (χ0v) is 10.7. The molecule has 1 saturated heterocycles. The second-order valence-electron chi connectivity index (χ2n) is 4.69. The number of aryl methyl sites for hydroxylation is 1. The minimum Gasteiger partial charge on any atom is -0.496 e. The summed E-state index contributed by atoms with van der Waals surface area (Å²) in [6.07, 6.45) is 4.16. The molecule has 0 aromatic heterocycles. The first-order valence-corrected chi connectivity index (χ1v) is 6.41. The lowest BCUT2D eigenvalue weighted by molar-refractivity contribution is 0.0457. The fourth-order valence-electron chi connectivity index (χ4n) is 2.42. The third-order valence-electron chi connectivity index (χ3n) is 3.44. The molecule has 0 amide bonds. The van der Waals surface area contributed by atoms with Crippen molar-refractivity contribution in [3.8, 4) is 5.75 Å². The molecule has 4 heteroatoms. The summed E-state index contributed by atoms with van der Waals surface area (Å²) >= 11 is 0. The minimum atomic E-state index is -0.224. The summed E-state index contributed by atoms with van der Waals surface area (Å²) in [6.45, 7) is 0.583. The zero-order valence-electron chi connectivity index (χ0n) is 10.7. The summed E-state index contributed by atoms with van der Waals surface area (Å²) in [4.78, 5) is 0. The van der Waals surface area contributed by atoms with Crippen molar-refractivity contribution in [3.63, 3.8) is 0 Å². The van der Waals surface area contributed by atoms with E-state index in [4.69, 9.17) is 15.2 Å². The topological polar surface area (TPSA) is 44.5 Å². The number of nitrogens with two attached hydrogens (primary N) is 1. The predicted octanol–water partition coefficient (Wildman–Crippen LogP) is 2.27. The van der Waals surface area contributed by atoms with Crippen molar-refractivity contribution < 1.29 is 13.9 Å². The van der Waals surface area contributed by atoms with Crippen LogP contribution in [0.2, 0.25) is 0 Å². The van der Waals surface area contributed by atoms with Crippen LogP contribution >= 0.6 is 0 Å². The van der Waals surface area contributed by atoms with E-state index in [9.17, 15) is 4.39 Å². The van der Waals surface area contributed by atoms with E-state index in [1.165, 1.54) is 12.1 Å². The first-order valence-electron chi connectivity index (χ1n) is 6.41. The van der Waals surface area contributed by atoms with Gasteiger partial charge in [0.15, 0.2) is 0 Å². The molecule has 1 aromatic carbocycles. The first kappa shape index (κ1) is 13.3. The molecule has 3 nitrogen and oxygen atoms in total. The van der Waals surface area contributed by atoms with Crippen molar-refractivity contribution >= 4 is 0 Å². The van der Waals surface area contributed by atoms with Gasteiger partial charge in [-0.15, -0.1) is 0 Å². The zero-order chi connectivity index (χ0) is 13.0. The van der Waals surface area contributed by atoms with Crippen LogP contribution in [0, 0.1) is 5.82 Å². The number of ether oxygens (including phenoxy) is 2. The van der Waals surface area contributed by atoms with Crippen LogP contribution in [0.15, 0.2) is 18.2 Å². The Morgan fingerprint density at radius 1 is 1.39 bits per heavy atom. The van der Waals surface area contributed by atoms with E-state index in [2.05, 4.69) is 0 Å². The van der Waals surface area contributed by atoms with Crippen molar-refractivity contribution in [1.29, 1.82) is 0 Å². The van der Waals surface area contributed by atoms with Crippen LogP contribution in [0.3, 0.4) is 0 Å². The highest BCUT2D eigenvalue weighted by atomic mass is 19.1. The largest absolute Gasteiger partial charge is 0.496 e. The molecule has 2 atom stereocenters. The lowest BCUT2D eigenvalue weighted by Crippen LogP contribution is -2.20. The molecule has 0 saturated carbocycles. The molecule has 0 spiro atoms. The Balaban J connectivity index is 1.92. The predicted molar refractivity (Wildman–Crippen MR) is 68.2 cm³/mol. The molecule has 100 valence electrons. The molecule has 0 bridgehead atoms. The first-order chi connectivity index (χ1) is 8.72. The number of halogens is 1. The second-order valence-corrected chi connectivity index (χ2v) is 4.69. The molecule has 0 radical (unpaired) electrons. The van der Waals surface area contributed by atoms with Gasteiger partial charge in [-0.1, -0.05) is 0 Å². The molecule has 1 heterocycles. The summed E-state index contributed by atoms with van der Waals surface area (Å²) in [5, 5.41) is 0. The molecule has 1 fully saturated rings. The molecule has 18 heavy (non-hydrogen) atoms. The lowest BCUT2D eigenvalue weighted by Gasteiger charge is -2.13. The van der Waals surface area contributed by atoms with Gasteiger partial charge < -0.3 is 15.2 Å². The van der Waals surface area contributed by atoms with E-state index in [0.717, 1.165) is 37.0 Å². The average Bonchev–Trinajstić information content (AvgIpc) is 2.84. The lowest BCUT2D eigenvalue weighted by atomic mass is 10.0. The summed E-state index contributed by atoms with van der Waals surface area (Å²) in [5.41, 5.74) is 6.47. The fraction of sp³-hybridized carbons (Fsp3) is 0.571. The Hall–Kier alpha value is -1.13. The molecule has 0 unspecified atom stereocenters. The monoisotopic (exact) mass is 253 g/mol. The molecule has 2 rings (SSSR count). The van der Waals surface area contributed by atoms with Gasteiger partial charge in [-0.2, -0.15) is 0 Å². The number of hydrogen-bond donors (Lipinski definition) is 1. The van der Waals surface area contributed by atoms with Crippen LogP contribution < -0.4 is 10.5 Å². The van der Waals surface area contributed by atoms with Crippen LogP contribution in [0.4, 0.5) is 4.39 Å². The van der Waals surface area contributed by atoms with E-state index in [-0.39, 0.29) is 18.0 Å². The minimum absolute atomic E-state index is 0.199. The molecular weight excluding hydrogens is 233 g/mol. The van der Waals surface area contributed by atoms with Crippen LogP contribution in [-0.4, -0.2) is 25.9 Å². The second kappa shape index (κ2) is 6.16. The molecule has 1 aliphatic heterocycles. The Bertz CT molecular complexity index is 397. The SMILES string of the molecule is COc1ccc(F)cc1CC[C@@H]1CC[C@@H](CN)O1. The van der Waals surface area contributed by atoms with Gasteiger partial charge in [0.25, 0.3) is 0 Å². The van der Waals surface area contributed by atoms with Crippen molar-refractivity contribution in [2.75, 3.05) is 13.7 Å². The third-order valence-corrected chi connectivity index (χ3v) is 3.44. The highest BCUT2D eigenvalue weighted by molar-refractivity contribution is 5.34. The van der Waals surface area contributed by atoms with Crippen LogP contribution in [-0.2, 0) is 11.2 Å². The van der Waals surface area contributed by atoms with Crippen LogP contribution in [0.25, 0.3) is 0 Å². The van der Waals surface area contributed by atoms with Gasteiger partial charge in [-0.3, -0.25) is 0 Å². The summed E-state index contributed by atoms with van der Waals surface area (Å²) < 4.78 is 24.2. The summed E-state index contributed by atoms with van der Waals surface area (Å²) in [7, 11) is 1.60. The Morgan fingerprint density at radius 3 is 2.83 bits per heavy atom. The molecule has 0 aliphatic carbocycles. The third kappa shape index (κ3) is 3.21. The Morgan fingerprint density at radius 2 is 2.17 bits per heavy atom. The standard InChI is InChI=1S/C14H20FNO2/c1-17-14-7-3-11(15)8-10(14)2-4-12-5-6-13(9-16)18-12/h3,7-8,12-13H,2,4-6,9,16H2,1H3/t12-,13+/m1/s1. The normalized spacial score (nSPS) is 23.3. The Kier molecular flexibility index (Phi) is 4.55. The molecule has 1 aliphatic rings. The van der Waals surface area contributed by atoms with Gasteiger partial charge in [0, 0.05) is 6.54 Å². The maximum absolute atomic E-state index is 13.2. The van der Waals surface area contributed by atoms with Crippen molar-refractivity contribution in [1.82, 2.24) is 0 Å². The summed E-state index contributed by atoms with van der Waals surface area (Å²) in [6, 6.07) is 4.62. The van der Waals surface area contributed by atoms with Crippen LogP contribution in [0.1, 0.15) is 24.8 Å². The van der Waals surface area contributed by atoms with E-state index in [1.807, 2.05) is 0 Å². The van der Waals surface area contributed by atoms with Crippen molar-refractivity contribution in [3.05, 3.63) is 29.6 Å². The van der Waals surface area contributed by atoms with Gasteiger partial charge >= 0.3 is 0 Å². The van der Waals surface area contributed by atoms with E-state index in [1.54, 1.807) is 13.2 Å². The van der Waals surface area contributed by atoms with Crippen LogP contribution in [0.5, 0.6) is 5.75 Å². The number of benzene rings is 1. The fourth-order valence-corrected chi connectivity index (χ4v) is 2.42. The van der Waals surface area contributed by atoms with E-state index < -0.39 is 0 Å².